The summed E-state index contributed by atoms with van der Waals surface area (Å²) in [4.78, 5) is 6.61. The van der Waals surface area contributed by atoms with E-state index in [0.29, 0.717) is 11.6 Å². The quantitative estimate of drug-likeness (QED) is 0.494. The van der Waals surface area contributed by atoms with E-state index in [4.69, 9.17) is 23.3 Å². The third kappa shape index (κ3) is 4.71. The Hall–Kier alpha value is 0.202. The van der Waals surface area contributed by atoms with E-state index >= 15 is 0 Å². The number of rotatable bonds is 5. The number of nitrogens with one attached hydrogen (secondary N) is 1. The molecule has 1 radical (unpaired) electrons. The fraction of sp³-hybridized carbons (Fsp3) is 0.462. The van der Waals surface area contributed by atoms with Gasteiger partial charge >= 0.3 is 0 Å². The molecule has 0 saturated heterocycles. The summed E-state index contributed by atoms with van der Waals surface area (Å²) in [5.41, 5.74) is 4.86. The van der Waals surface area contributed by atoms with Crippen LogP contribution in [0.4, 0.5) is 0 Å². The van der Waals surface area contributed by atoms with Crippen LogP contribution in [0.15, 0.2) is 5.70 Å². The summed E-state index contributed by atoms with van der Waals surface area (Å²) in [5, 5.41) is 8.88. The third-order valence-electron chi connectivity index (χ3n) is 2.75. The minimum Gasteiger partial charge on any atom is -0.396 e. The van der Waals surface area contributed by atoms with Gasteiger partial charge < -0.3 is 10.1 Å². The van der Waals surface area contributed by atoms with Crippen LogP contribution in [0, 0.1) is 57.6 Å². The number of nitrogens with zero attached hydrogens (tertiary/aromatic N) is 1. The van der Waals surface area contributed by atoms with Crippen LogP contribution in [0.2, 0.25) is 0 Å². The number of aromatic amines is 1. The summed E-state index contributed by atoms with van der Waals surface area (Å²) >= 11 is 5.89. The molecule has 18 heavy (non-hydrogen) atoms. The van der Waals surface area contributed by atoms with Crippen molar-refractivity contribution in [1.82, 2.24) is 4.98 Å². The molecule has 0 aliphatic heterocycles. The van der Waals surface area contributed by atoms with Gasteiger partial charge in [-0.25, -0.2) is 4.85 Å². The minimum absolute atomic E-state index is 0. The number of halogens is 1. The van der Waals surface area contributed by atoms with Gasteiger partial charge in [-0.05, 0) is 43.9 Å². The molecule has 1 heterocycles. The molecule has 3 nitrogen and oxygen atoms in total. The molecule has 0 spiro atoms. The van der Waals surface area contributed by atoms with E-state index in [-0.39, 0.29) is 50.7 Å². The Bertz CT molecular complexity index is 460. The Morgan fingerprint density at radius 3 is 2.72 bits per heavy atom. The molecule has 0 bridgehead atoms. The average Bonchev–Trinajstić information content (AvgIpc) is 2.63. The van der Waals surface area contributed by atoms with Gasteiger partial charge in [-0.3, -0.25) is 0 Å². The number of H-pyrrole nitrogens is 1. The van der Waals surface area contributed by atoms with E-state index in [1.54, 1.807) is 6.92 Å². The van der Waals surface area contributed by atoms with E-state index in [1.165, 1.54) is 0 Å². The van der Waals surface area contributed by atoms with Crippen molar-refractivity contribution in [2.45, 2.75) is 32.6 Å². The van der Waals surface area contributed by atoms with Crippen molar-refractivity contribution in [2.24, 2.45) is 0 Å². The van der Waals surface area contributed by atoms with Crippen LogP contribution in [-0.2, 0) is 12.3 Å². The second-order valence-electron chi connectivity index (χ2n) is 3.98. The Morgan fingerprint density at radius 1 is 1.56 bits per heavy atom. The molecule has 0 aliphatic carbocycles. The van der Waals surface area contributed by atoms with E-state index in [2.05, 4.69) is 9.83 Å². The van der Waals surface area contributed by atoms with E-state index in [0.717, 1.165) is 35.4 Å². The van der Waals surface area contributed by atoms with Gasteiger partial charge in [0.1, 0.15) is 0 Å². The number of aliphatic hydroxyl groups is 1. The third-order valence-corrected chi connectivity index (χ3v) is 3.02. The van der Waals surface area contributed by atoms with E-state index < -0.39 is 0 Å². The van der Waals surface area contributed by atoms with Crippen LogP contribution < -0.4 is 0 Å². The smallest absolute Gasteiger partial charge is 0.164 e. The summed E-state index contributed by atoms with van der Waals surface area (Å²) < 4.78 is 0. The Labute approximate surface area is 149 Å². The molecule has 0 aliphatic rings. The van der Waals surface area contributed by atoms with Crippen molar-refractivity contribution in [1.29, 1.82) is 0 Å². The number of allylic oxidation sites excluding steroid dienone is 1. The number of aliphatic hydroxyl groups excluding tert-OH is 1. The van der Waals surface area contributed by atoms with Crippen molar-refractivity contribution < 1.29 is 49.2 Å². The molecule has 2 N–H and O–H groups in total. The summed E-state index contributed by atoms with van der Waals surface area (Å²) in [6.07, 6.45) is 3.38. The standard InChI is InChI=1S/C13H17ClN2O.Ac/c1-9(15-3)7-12-10(2)11(5-4-6-17)13(8-14)16-12;/h7,16-17H,4-6,8H2,1-2H3;/b9-7-;. The van der Waals surface area contributed by atoms with Crippen LogP contribution in [0.3, 0.4) is 0 Å². The van der Waals surface area contributed by atoms with Crippen molar-refractivity contribution in [2.75, 3.05) is 6.61 Å². The van der Waals surface area contributed by atoms with Crippen molar-refractivity contribution in [3.8, 4) is 0 Å². The molecule has 0 fully saturated rings. The first kappa shape index (κ1) is 18.2. The topological polar surface area (TPSA) is 40.4 Å². The predicted molar refractivity (Wildman–Crippen MR) is 70.7 cm³/mol. The molecule has 0 atom stereocenters. The monoisotopic (exact) mass is 479 g/mol. The molecular formula is C13H17AcClN2O. The number of alkyl halides is 1. The average molecular weight is 480 g/mol. The normalized spacial score (nSPS) is 10.9. The van der Waals surface area contributed by atoms with E-state index in [9.17, 15) is 0 Å². The molecule has 1 aromatic rings. The second kappa shape index (κ2) is 9.16. The zero-order valence-corrected chi connectivity index (χ0v) is 16.3. The number of hydrogen-bond acceptors (Lipinski definition) is 1. The second-order valence-corrected chi connectivity index (χ2v) is 4.25. The fourth-order valence-corrected chi connectivity index (χ4v) is 2.04. The Morgan fingerprint density at radius 2 is 2.22 bits per heavy atom. The predicted octanol–water partition coefficient (Wildman–Crippen LogP) is 3.27. The molecule has 0 unspecified atom stereocenters. The maximum atomic E-state index is 8.88. The van der Waals surface area contributed by atoms with Crippen LogP contribution in [0.25, 0.3) is 10.9 Å². The van der Waals surface area contributed by atoms with Crippen molar-refractivity contribution in [3.63, 3.8) is 0 Å². The molecule has 1 rings (SSSR count). The largest absolute Gasteiger partial charge is 0.396 e. The maximum Gasteiger partial charge on any atom is 0.164 e. The first-order chi connectivity index (χ1) is 8.13. The summed E-state index contributed by atoms with van der Waals surface area (Å²) in [7, 11) is 0. The SMILES string of the molecule is [Ac].[C-]#[N+]/C(C)=C\c1[nH]c(CCl)c(CCCO)c1C. The zero-order valence-electron chi connectivity index (χ0n) is 10.8. The summed E-state index contributed by atoms with van der Waals surface area (Å²) in [5.74, 6) is 0.423. The van der Waals surface area contributed by atoms with Crippen LogP contribution >= 0.6 is 11.6 Å². The van der Waals surface area contributed by atoms with Gasteiger partial charge in [-0.15, -0.1) is 11.6 Å². The van der Waals surface area contributed by atoms with Gasteiger partial charge in [0, 0.05) is 62.1 Å². The number of hydrogen-bond donors (Lipinski definition) is 2. The van der Waals surface area contributed by atoms with Crippen LogP contribution in [0.1, 0.15) is 35.9 Å². The molecule has 0 amide bonds. The summed E-state index contributed by atoms with van der Waals surface area (Å²) in [6.45, 7) is 10.9. The first-order valence-electron chi connectivity index (χ1n) is 5.57. The summed E-state index contributed by atoms with van der Waals surface area (Å²) in [6, 6.07) is 0. The van der Waals surface area contributed by atoms with Gasteiger partial charge in [-0.1, -0.05) is 0 Å². The molecular weight excluding hydrogens is 463 g/mol. The minimum atomic E-state index is 0. The van der Waals surface area contributed by atoms with Gasteiger partial charge in [0.15, 0.2) is 5.70 Å². The van der Waals surface area contributed by atoms with Crippen LogP contribution in [-0.4, -0.2) is 16.7 Å². The van der Waals surface area contributed by atoms with E-state index in [1.807, 2.05) is 13.0 Å². The Balaban J connectivity index is 0.00000289. The molecule has 5 heteroatoms. The van der Waals surface area contributed by atoms with Crippen LogP contribution in [0.5, 0.6) is 0 Å². The van der Waals surface area contributed by atoms with Gasteiger partial charge in [0.2, 0.25) is 0 Å². The molecule has 0 saturated carbocycles. The molecule has 1 aromatic heterocycles. The first-order valence-corrected chi connectivity index (χ1v) is 6.10. The van der Waals surface area contributed by atoms with Crippen molar-refractivity contribution in [3.05, 3.63) is 39.6 Å². The molecule has 95 valence electrons. The number of aromatic nitrogens is 1. The molecule has 0 aromatic carbocycles. The van der Waals surface area contributed by atoms with Gasteiger partial charge in [-0.2, -0.15) is 0 Å². The Kier molecular flexibility index (Phi) is 9.26. The van der Waals surface area contributed by atoms with Gasteiger partial charge in [0.25, 0.3) is 0 Å². The van der Waals surface area contributed by atoms with Gasteiger partial charge in [0.05, 0.1) is 12.5 Å². The zero-order chi connectivity index (χ0) is 12.8. The maximum absolute atomic E-state index is 8.88. The fourth-order valence-electron chi connectivity index (χ4n) is 1.81. The van der Waals surface area contributed by atoms with Crippen molar-refractivity contribution >= 4 is 17.7 Å².